The molecule has 0 aliphatic rings. The van der Waals surface area contributed by atoms with Crippen molar-refractivity contribution >= 4 is 27.5 Å². The lowest BCUT2D eigenvalue weighted by molar-refractivity contribution is -0.140. The number of hydrogen-bond acceptors (Lipinski definition) is 4. The third-order valence-corrected chi connectivity index (χ3v) is 9.68. The fourth-order valence-electron chi connectivity index (χ4n) is 5.15. The second kappa shape index (κ2) is 15.7. The van der Waals surface area contributed by atoms with Crippen molar-refractivity contribution in [3.63, 3.8) is 0 Å². The molecule has 7 nitrogen and oxygen atoms in total. The Kier molecular flexibility index (Phi) is 11.8. The number of rotatable bonds is 14. The van der Waals surface area contributed by atoms with Gasteiger partial charge in [-0.05, 0) is 59.7 Å². The molecule has 4 rings (SSSR count). The Morgan fingerprint density at radius 3 is 1.85 bits per heavy atom. The van der Waals surface area contributed by atoms with Gasteiger partial charge in [-0.15, -0.1) is 0 Å². The molecule has 4 aromatic carbocycles. The minimum atomic E-state index is -4.15. The van der Waals surface area contributed by atoms with E-state index in [1.54, 1.807) is 36.4 Å². The molecule has 8 heteroatoms. The van der Waals surface area contributed by atoms with E-state index < -0.39 is 28.5 Å². The lowest BCUT2D eigenvalue weighted by Crippen LogP contribution is -2.53. The second-order valence-corrected chi connectivity index (χ2v) is 14.3. The van der Waals surface area contributed by atoms with Gasteiger partial charge in [-0.25, -0.2) is 8.42 Å². The Morgan fingerprint density at radius 2 is 1.30 bits per heavy atom. The molecule has 2 amide bonds. The number of aryl methyl sites for hydroxylation is 1. The maximum Gasteiger partial charge on any atom is 0.264 e. The van der Waals surface area contributed by atoms with E-state index in [-0.39, 0.29) is 35.6 Å². The molecule has 242 valence electrons. The van der Waals surface area contributed by atoms with E-state index in [2.05, 4.69) is 19.2 Å². The first-order valence-corrected chi connectivity index (χ1v) is 17.2. The highest BCUT2D eigenvalue weighted by atomic mass is 32.2. The van der Waals surface area contributed by atoms with Crippen LogP contribution in [0.25, 0.3) is 0 Å². The Hall–Kier alpha value is -4.43. The number of anilines is 1. The monoisotopic (exact) mass is 639 g/mol. The number of nitrogens with zero attached hydrogens (tertiary/aromatic N) is 2. The molecule has 4 aromatic rings. The van der Waals surface area contributed by atoms with E-state index >= 15 is 0 Å². The Balaban J connectivity index is 1.79. The molecule has 0 aromatic heterocycles. The summed E-state index contributed by atoms with van der Waals surface area (Å²) >= 11 is 0. The minimum Gasteiger partial charge on any atom is -0.354 e. The SMILES string of the molecule is Cc1ccc(S(=O)(=O)N(CC(=O)N(Cc2ccccc2)C(Cc2ccccc2)C(=O)NCC(C)C)c2ccc(C(C)C)cc2)cc1. The maximum absolute atomic E-state index is 14.6. The lowest BCUT2D eigenvalue weighted by Gasteiger charge is -2.34. The summed E-state index contributed by atoms with van der Waals surface area (Å²) in [6.45, 7) is 10.2. The predicted octanol–water partition coefficient (Wildman–Crippen LogP) is 6.73. The zero-order chi connectivity index (χ0) is 33.3. The number of carbonyl (C=O) groups is 2. The van der Waals surface area contributed by atoms with Gasteiger partial charge in [0.1, 0.15) is 12.6 Å². The number of sulfonamides is 1. The van der Waals surface area contributed by atoms with E-state index in [0.29, 0.717) is 12.2 Å². The molecule has 0 aliphatic heterocycles. The summed E-state index contributed by atoms with van der Waals surface area (Å²) in [7, 11) is -4.15. The number of amides is 2. The summed E-state index contributed by atoms with van der Waals surface area (Å²) in [5, 5.41) is 3.02. The molecule has 1 N–H and O–H groups in total. The van der Waals surface area contributed by atoms with Gasteiger partial charge in [0, 0.05) is 19.5 Å². The quantitative estimate of drug-likeness (QED) is 0.166. The molecule has 0 radical (unpaired) electrons. The largest absolute Gasteiger partial charge is 0.354 e. The molecular formula is C38H45N3O4S. The average molecular weight is 640 g/mol. The number of hydrogen-bond donors (Lipinski definition) is 1. The van der Waals surface area contributed by atoms with Crippen molar-refractivity contribution in [2.75, 3.05) is 17.4 Å². The summed E-state index contributed by atoms with van der Waals surface area (Å²) in [6.07, 6.45) is 0.275. The van der Waals surface area contributed by atoms with E-state index in [1.807, 2.05) is 93.6 Å². The fourth-order valence-corrected chi connectivity index (χ4v) is 6.56. The van der Waals surface area contributed by atoms with Crippen molar-refractivity contribution in [3.8, 4) is 0 Å². The van der Waals surface area contributed by atoms with Gasteiger partial charge in [-0.3, -0.25) is 13.9 Å². The zero-order valence-electron chi connectivity index (χ0n) is 27.4. The van der Waals surface area contributed by atoms with Crippen LogP contribution >= 0.6 is 0 Å². The van der Waals surface area contributed by atoms with Gasteiger partial charge in [-0.2, -0.15) is 0 Å². The van der Waals surface area contributed by atoms with Crippen molar-refractivity contribution in [1.82, 2.24) is 10.2 Å². The van der Waals surface area contributed by atoms with Crippen LogP contribution in [0.4, 0.5) is 5.69 Å². The van der Waals surface area contributed by atoms with Crippen LogP contribution in [0.3, 0.4) is 0 Å². The molecule has 46 heavy (non-hydrogen) atoms. The van der Waals surface area contributed by atoms with Crippen molar-refractivity contribution in [2.24, 2.45) is 5.92 Å². The number of carbonyl (C=O) groups excluding carboxylic acids is 2. The first-order chi connectivity index (χ1) is 22.0. The Morgan fingerprint density at radius 1 is 0.739 bits per heavy atom. The molecule has 1 atom stereocenters. The predicted molar refractivity (Wildman–Crippen MR) is 185 cm³/mol. The van der Waals surface area contributed by atoms with Crippen LogP contribution in [0.5, 0.6) is 0 Å². The standard InChI is InChI=1S/C38H45N3O4S/c1-28(2)25-39-38(43)36(24-31-12-8-6-9-13-31)40(26-32-14-10-7-11-15-32)37(42)27-41(34-20-18-33(19-21-34)29(3)4)46(44,45)35-22-16-30(5)17-23-35/h6-23,28-29,36H,24-27H2,1-5H3,(H,39,43). The Labute approximate surface area is 274 Å². The maximum atomic E-state index is 14.6. The fraction of sp³-hybridized carbons (Fsp3) is 0.316. The van der Waals surface area contributed by atoms with Crippen LogP contribution in [0.2, 0.25) is 0 Å². The molecule has 0 saturated carbocycles. The smallest absolute Gasteiger partial charge is 0.264 e. The summed E-state index contributed by atoms with van der Waals surface area (Å²) in [4.78, 5) is 30.0. The normalized spacial score (nSPS) is 12.2. The van der Waals surface area contributed by atoms with Gasteiger partial charge < -0.3 is 10.2 Å². The number of nitrogens with one attached hydrogen (secondary N) is 1. The summed E-state index contributed by atoms with van der Waals surface area (Å²) in [5.74, 6) is -0.296. The van der Waals surface area contributed by atoms with Gasteiger partial charge in [0.25, 0.3) is 10.0 Å². The van der Waals surface area contributed by atoms with E-state index in [4.69, 9.17) is 0 Å². The molecule has 1 unspecified atom stereocenters. The molecule has 0 fully saturated rings. The topological polar surface area (TPSA) is 86.8 Å². The summed E-state index contributed by atoms with van der Waals surface area (Å²) < 4.78 is 29.6. The van der Waals surface area contributed by atoms with E-state index in [0.717, 1.165) is 26.6 Å². The third kappa shape index (κ3) is 9.07. The van der Waals surface area contributed by atoms with Crippen molar-refractivity contribution in [1.29, 1.82) is 0 Å². The van der Waals surface area contributed by atoms with Crippen molar-refractivity contribution < 1.29 is 18.0 Å². The van der Waals surface area contributed by atoms with Gasteiger partial charge in [0.2, 0.25) is 11.8 Å². The molecule has 0 saturated heterocycles. The highest BCUT2D eigenvalue weighted by Gasteiger charge is 2.34. The lowest BCUT2D eigenvalue weighted by atomic mass is 10.0. The van der Waals surface area contributed by atoms with Crippen molar-refractivity contribution in [3.05, 3.63) is 131 Å². The van der Waals surface area contributed by atoms with Crippen LogP contribution in [0.15, 0.2) is 114 Å². The van der Waals surface area contributed by atoms with Crippen LogP contribution in [0.1, 0.15) is 55.9 Å². The average Bonchev–Trinajstić information content (AvgIpc) is 3.05. The highest BCUT2D eigenvalue weighted by Crippen LogP contribution is 2.27. The number of benzene rings is 4. The molecule has 0 spiro atoms. The second-order valence-electron chi connectivity index (χ2n) is 12.4. The first-order valence-electron chi connectivity index (χ1n) is 15.8. The van der Waals surface area contributed by atoms with Gasteiger partial charge in [0.15, 0.2) is 0 Å². The summed E-state index contributed by atoms with van der Waals surface area (Å²) in [6, 6.07) is 32.0. The molecule has 0 aliphatic carbocycles. The Bertz CT molecular complexity index is 1670. The molecule has 0 heterocycles. The van der Waals surface area contributed by atoms with Crippen molar-refractivity contribution in [2.45, 2.75) is 64.4 Å². The van der Waals surface area contributed by atoms with Gasteiger partial charge in [0.05, 0.1) is 10.6 Å². The van der Waals surface area contributed by atoms with Crippen LogP contribution in [-0.2, 0) is 32.6 Å². The molecule has 0 bridgehead atoms. The van der Waals surface area contributed by atoms with Gasteiger partial charge >= 0.3 is 0 Å². The highest BCUT2D eigenvalue weighted by molar-refractivity contribution is 7.92. The minimum absolute atomic E-state index is 0.0870. The van der Waals surface area contributed by atoms with E-state index in [9.17, 15) is 18.0 Å². The third-order valence-electron chi connectivity index (χ3n) is 7.89. The summed E-state index contributed by atoms with van der Waals surface area (Å²) in [5.41, 5.74) is 4.08. The zero-order valence-corrected chi connectivity index (χ0v) is 28.2. The van der Waals surface area contributed by atoms with Crippen LogP contribution in [-0.4, -0.2) is 44.3 Å². The van der Waals surface area contributed by atoms with Gasteiger partial charge in [-0.1, -0.05) is 118 Å². The van der Waals surface area contributed by atoms with E-state index in [1.165, 1.54) is 4.90 Å². The molecular weight excluding hydrogens is 595 g/mol. The first kappa shape index (κ1) is 34.4. The van der Waals surface area contributed by atoms with Crippen LogP contribution in [0, 0.1) is 12.8 Å². The van der Waals surface area contributed by atoms with Crippen LogP contribution < -0.4 is 9.62 Å².